The van der Waals surface area contributed by atoms with Gasteiger partial charge in [0, 0.05) is 31.2 Å². The highest BCUT2D eigenvalue weighted by atomic mass is 19.1. The van der Waals surface area contributed by atoms with Gasteiger partial charge in [-0.3, -0.25) is 4.79 Å². The number of guanidine groups is 1. The van der Waals surface area contributed by atoms with Crippen LogP contribution in [0.5, 0.6) is 0 Å². The van der Waals surface area contributed by atoms with Crippen LogP contribution < -0.4 is 16.0 Å². The average Bonchev–Trinajstić information content (AvgIpc) is 3.07. The van der Waals surface area contributed by atoms with Gasteiger partial charge in [-0.2, -0.15) is 5.10 Å². The van der Waals surface area contributed by atoms with Gasteiger partial charge in [-0.15, -0.1) is 0 Å². The lowest BCUT2D eigenvalue weighted by atomic mass is 10.1. The van der Waals surface area contributed by atoms with E-state index in [1.165, 1.54) is 12.1 Å². The van der Waals surface area contributed by atoms with Gasteiger partial charge in [-0.25, -0.2) is 14.1 Å². The van der Waals surface area contributed by atoms with Crippen molar-refractivity contribution >= 4 is 11.9 Å². The second kappa shape index (κ2) is 9.87. The molecule has 7 nitrogen and oxygen atoms in total. The monoisotopic (exact) mass is 388 g/mol. The molecule has 0 spiro atoms. The second-order valence-corrected chi connectivity index (χ2v) is 7.40. The minimum atomic E-state index is -0.276. The van der Waals surface area contributed by atoms with E-state index in [-0.39, 0.29) is 23.8 Å². The SMILES string of the molecule is CCNC(=NCC(=O)NC(C)(C)C)NCCc1ccn(-c2ccc(F)cc2)n1. The molecule has 0 saturated heterocycles. The smallest absolute Gasteiger partial charge is 0.242 e. The molecule has 0 aliphatic heterocycles. The highest BCUT2D eigenvalue weighted by Gasteiger charge is 2.13. The summed E-state index contributed by atoms with van der Waals surface area (Å²) >= 11 is 0. The fourth-order valence-corrected chi connectivity index (χ4v) is 2.49. The van der Waals surface area contributed by atoms with Crippen molar-refractivity contribution in [3.8, 4) is 5.69 Å². The lowest BCUT2D eigenvalue weighted by molar-refractivity contribution is -0.121. The Labute approximate surface area is 165 Å². The lowest BCUT2D eigenvalue weighted by Crippen LogP contribution is -2.43. The molecule has 0 fully saturated rings. The molecule has 28 heavy (non-hydrogen) atoms. The highest BCUT2D eigenvalue weighted by molar-refractivity contribution is 5.85. The fraction of sp³-hybridized carbons (Fsp3) is 0.450. The van der Waals surface area contributed by atoms with Crippen molar-refractivity contribution in [1.29, 1.82) is 0 Å². The van der Waals surface area contributed by atoms with Crippen LogP contribution >= 0.6 is 0 Å². The first-order chi connectivity index (χ1) is 13.3. The van der Waals surface area contributed by atoms with E-state index in [1.54, 1.807) is 16.8 Å². The summed E-state index contributed by atoms with van der Waals surface area (Å²) in [6.07, 6.45) is 2.53. The molecule has 0 aliphatic rings. The Morgan fingerprint density at radius 3 is 2.54 bits per heavy atom. The topological polar surface area (TPSA) is 83.3 Å². The Bertz CT molecular complexity index is 792. The molecule has 2 rings (SSSR count). The van der Waals surface area contributed by atoms with Crippen LogP contribution in [0.2, 0.25) is 0 Å². The van der Waals surface area contributed by atoms with Crippen LogP contribution in [-0.4, -0.2) is 46.8 Å². The largest absolute Gasteiger partial charge is 0.357 e. The van der Waals surface area contributed by atoms with E-state index in [4.69, 9.17) is 0 Å². The third-order valence-electron chi connectivity index (χ3n) is 3.65. The molecule has 1 aromatic carbocycles. The summed E-state index contributed by atoms with van der Waals surface area (Å²) in [6, 6.07) is 8.11. The van der Waals surface area contributed by atoms with Gasteiger partial charge in [0.2, 0.25) is 5.91 Å². The summed E-state index contributed by atoms with van der Waals surface area (Å²) in [4.78, 5) is 16.2. The van der Waals surface area contributed by atoms with Gasteiger partial charge < -0.3 is 16.0 Å². The van der Waals surface area contributed by atoms with Crippen molar-refractivity contribution in [3.05, 3.63) is 48.0 Å². The van der Waals surface area contributed by atoms with Crippen LogP contribution in [0.15, 0.2) is 41.5 Å². The van der Waals surface area contributed by atoms with Crippen molar-refractivity contribution in [2.24, 2.45) is 4.99 Å². The first-order valence-electron chi connectivity index (χ1n) is 9.40. The molecule has 0 atom stereocenters. The molecule has 3 N–H and O–H groups in total. The standard InChI is InChI=1S/C20H29FN6O/c1-5-22-19(24-14-18(28)25-20(2,3)4)23-12-10-16-11-13-27(26-16)17-8-6-15(21)7-9-17/h6-9,11,13H,5,10,12,14H2,1-4H3,(H,25,28)(H2,22,23,24). The number of nitrogens with zero attached hydrogens (tertiary/aromatic N) is 3. The van der Waals surface area contributed by atoms with Gasteiger partial charge in [-0.1, -0.05) is 0 Å². The number of amides is 1. The first kappa shape index (κ1) is 21.4. The molecule has 0 bridgehead atoms. The number of hydrogen-bond acceptors (Lipinski definition) is 3. The molecule has 1 heterocycles. The van der Waals surface area contributed by atoms with Crippen molar-refractivity contribution < 1.29 is 9.18 Å². The number of rotatable bonds is 7. The van der Waals surface area contributed by atoms with Crippen LogP contribution in [0.25, 0.3) is 5.69 Å². The Morgan fingerprint density at radius 2 is 1.89 bits per heavy atom. The summed E-state index contributed by atoms with van der Waals surface area (Å²) in [5.74, 6) is 0.194. The zero-order valence-electron chi connectivity index (χ0n) is 16.9. The molecular formula is C20H29FN6O. The summed E-state index contributed by atoms with van der Waals surface area (Å²) < 4.78 is 14.7. The molecule has 8 heteroatoms. The summed E-state index contributed by atoms with van der Waals surface area (Å²) in [5, 5.41) is 13.7. The van der Waals surface area contributed by atoms with E-state index in [9.17, 15) is 9.18 Å². The number of aliphatic imine (C=N–C) groups is 1. The third kappa shape index (κ3) is 7.38. The Balaban J connectivity index is 1.86. The van der Waals surface area contributed by atoms with Crippen LogP contribution in [0.4, 0.5) is 4.39 Å². The number of carbonyl (C=O) groups excluding carboxylic acids is 1. The quantitative estimate of drug-likeness (QED) is 0.501. The van der Waals surface area contributed by atoms with Crippen molar-refractivity contribution in [1.82, 2.24) is 25.7 Å². The maximum atomic E-state index is 13.0. The van der Waals surface area contributed by atoms with Crippen LogP contribution in [0.3, 0.4) is 0 Å². The van der Waals surface area contributed by atoms with Crippen LogP contribution in [-0.2, 0) is 11.2 Å². The molecule has 0 saturated carbocycles. The molecule has 2 aromatic rings. The van der Waals surface area contributed by atoms with E-state index in [2.05, 4.69) is 26.0 Å². The van der Waals surface area contributed by atoms with Crippen molar-refractivity contribution in [3.63, 3.8) is 0 Å². The van der Waals surface area contributed by atoms with Gasteiger partial charge in [0.1, 0.15) is 12.4 Å². The van der Waals surface area contributed by atoms with Gasteiger partial charge in [0.25, 0.3) is 0 Å². The average molecular weight is 388 g/mol. The molecule has 1 aromatic heterocycles. The number of halogens is 1. The molecule has 0 unspecified atom stereocenters. The van der Waals surface area contributed by atoms with Crippen molar-refractivity contribution in [2.75, 3.05) is 19.6 Å². The van der Waals surface area contributed by atoms with E-state index < -0.39 is 0 Å². The predicted octanol–water partition coefficient (Wildman–Crippen LogP) is 2.02. The Morgan fingerprint density at radius 1 is 1.18 bits per heavy atom. The summed E-state index contributed by atoms with van der Waals surface area (Å²) in [6.45, 7) is 9.15. The van der Waals surface area contributed by atoms with Gasteiger partial charge in [0.15, 0.2) is 5.96 Å². The summed E-state index contributed by atoms with van der Waals surface area (Å²) in [5.41, 5.74) is 1.43. The number of carbonyl (C=O) groups is 1. The van der Waals surface area contributed by atoms with Crippen LogP contribution in [0.1, 0.15) is 33.4 Å². The number of nitrogens with one attached hydrogen (secondary N) is 3. The molecular weight excluding hydrogens is 359 g/mol. The molecule has 0 radical (unpaired) electrons. The maximum absolute atomic E-state index is 13.0. The van der Waals surface area contributed by atoms with Gasteiger partial charge in [0.05, 0.1) is 11.4 Å². The number of benzene rings is 1. The number of hydrogen-bond donors (Lipinski definition) is 3. The minimum absolute atomic E-state index is 0.0613. The zero-order valence-corrected chi connectivity index (χ0v) is 16.9. The zero-order chi connectivity index (χ0) is 20.6. The van der Waals surface area contributed by atoms with Crippen molar-refractivity contribution in [2.45, 2.75) is 39.7 Å². The van der Waals surface area contributed by atoms with E-state index in [1.807, 2.05) is 40.0 Å². The van der Waals surface area contributed by atoms with E-state index >= 15 is 0 Å². The Hall–Kier alpha value is -2.90. The van der Waals surface area contributed by atoms with E-state index in [0.29, 0.717) is 25.5 Å². The maximum Gasteiger partial charge on any atom is 0.242 e. The fourth-order valence-electron chi connectivity index (χ4n) is 2.49. The van der Waals surface area contributed by atoms with E-state index in [0.717, 1.165) is 11.4 Å². The van der Waals surface area contributed by atoms with Gasteiger partial charge in [-0.05, 0) is 58.0 Å². The first-order valence-corrected chi connectivity index (χ1v) is 9.40. The lowest BCUT2D eigenvalue weighted by Gasteiger charge is -2.20. The molecule has 0 aliphatic carbocycles. The normalized spacial score (nSPS) is 12.0. The summed E-state index contributed by atoms with van der Waals surface area (Å²) in [7, 11) is 0. The highest BCUT2D eigenvalue weighted by Crippen LogP contribution is 2.09. The minimum Gasteiger partial charge on any atom is -0.357 e. The Kier molecular flexibility index (Phi) is 7.54. The molecule has 152 valence electrons. The van der Waals surface area contributed by atoms with Gasteiger partial charge >= 0.3 is 0 Å². The number of aromatic nitrogens is 2. The van der Waals surface area contributed by atoms with Crippen LogP contribution in [0, 0.1) is 5.82 Å². The third-order valence-corrected chi connectivity index (χ3v) is 3.65. The second-order valence-electron chi connectivity index (χ2n) is 7.40. The predicted molar refractivity (Wildman–Crippen MR) is 109 cm³/mol. The molecule has 1 amide bonds.